The molecule has 0 spiro atoms. The average Bonchev–Trinajstić information content (AvgIpc) is 3.02. The lowest BCUT2D eigenvalue weighted by Gasteiger charge is -2.08. The van der Waals surface area contributed by atoms with Crippen LogP contribution in [0.5, 0.6) is 0 Å². The van der Waals surface area contributed by atoms with Crippen LogP contribution in [0.4, 0.5) is 17.1 Å². The normalized spacial score (nSPS) is 12.9. The van der Waals surface area contributed by atoms with Crippen molar-refractivity contribution < 1.29 is 9.72 Å². The molecule has 1 amide bonds. The summed E-state index contributed by atoms with van der Waals surface area (Å²) in [7, 11) is 0. The van der Waals surface area contributed by atoms with E-state index < -0.39 is 4.92 Å². The van der Waals surface area contributed by atoms with E-state index in [0.29, 0.717) is 23.5 Å². The van der Waals surface area contributed by atoms with E-state index in [4.69, 9.17) is 0 Å². The Bertz CT molecular complexity index is 681. The molecule has 2 heterocycles. The van der Waals surface area contributed by atoms with Crippen LogP contribution in [-0.2, 0) is 17.8 Å². The van der Waals surface area contributed by atoms with Crippen molar-refractivity contribution in [3.8, 4) is 0 Å². The molecule has 1 aromatic carbocycles. The van der Waals surface area contributed by atoms with Crippen molar-refractivity contribution in [1.82, 2.24) is 9.97 Å². The largest absolute Gasteiger partial charge is 0.374 e. The predicted molar refractivity (Wildman–Crippen MR) is 71.3 cm³/mol. The zero-order valence-electron chi connectivity index (χ0n) is 10.3. The molecule has 1 aliphatic rings. The first kappa shape index (κ1) is 12.2. The summed E-state index contributed by atoms with van der Waals surface area (Å²) in [5.41, 5.74) is 2.40. The first-order valence-corrected chi connectivity index (χ1v) is 5.96. The number of nitro benzene ring substituents is 1. The Hall–Kier alpha value is -2.90. The maximum absolute atomic E-state index is 11.3. The second kappa shape index (κ2) is 4.65. The summed E-state index contributed by atoms with van der Waals surface area (Å²) in [6.45, 7) is 0.383. The summed E-state index contributed by atoms with van der Waals surface area (Å²) >= 11 is 0. The number of rotatable bonds is 4. The van der Waals surface area contributed by atoms with Gasteiger partial charge in [0.1, 0.15) is 5.69 Å². The number of aromatic amines is 1. The van der Waals surface area contributed by atoms with Crippen LogP contribution in [0, 0.1) is 10.1 Å². The summed E-state index contributed by atoms with van der Waals surface area (Å²) < 4.78 is 0. The number of anilines is 2. The van der Waals surface area contributed by atoms with Gasteiger partial charge in [0, 0.05) is 18.0 Å². The molecule has 0 unspecified atom stereocenters. The van der Waals surface area contributed by atoms with Crippen LogP contribution in [0.3, 0.4) is 0 Å². The van der Waals surface area contributed by atoms with E-state index in [2.05, 4.69) is 20.6 Å². The molecule has 2 aromatic rings. The van der Waals surface area contributed by atoms with E-state index in [-0.39, 0.29) is 18.0 Å². The highest BCUT2D eigenvalue weighted by molar-refractivity contribution is 6.00. The Morgan fingerprint density at radius 1 is 1.45 bits per heavy atom. The van der Waals surface area contributed by atoms with Crippen molar-refractivity contribution in [2.24, 2.45) is 0 Å². The number of aromatic nitrogens is 2. The summed E-state index contributed by atoms with van der Waals surface area (Å²) in [5.74, 6) is -0.153. The molecule has 0 atom stereocenters. The Morgan fingerprint density at radius 3 is 3.00 bits per heavy atom. The van der Waals surface area contributed by atoms with Gasteiger partial charge < -0.3 is 15.6 Å². The third kappa shape index (κ3) is 2.18. The molecule has 20 heavy (non-hydrogen) atoms. The van der Waals surface area contributed by atoms with Crippen molar-refractivity contribution in [3.63, 3.8) is 0 Å². The van der Waals surface area contributed by atoms with Gasteiger partial charge in [0.05, 0.1) is 29.9 Å². The fourth-order valence-corrected chi connectivity index (χ4v) is 2.13. The number of imidazole rings is 1. The molecule has 0 fully saturated rings. The molecule has 0 saturated carbocycles. The summed E-state index contributed by atoms with van der Waals surface area (Å²) in [5, 5.41) is 16.8. The van der Waals surface area contributed by atoms with Gasteiger partial charge in [0.25, 0.3) is 5.69 Å². The van der Waals surface area contributed by atoms with Gasteiger partial charge >= 0.3 is 0 Å². The van der Waals surface area contributed by atoms with Crippen LogP contribution in [-0.4, -0.2) is 20.8 Å². The molecule has 0 aliphatic carbocycles. The number of carbonyl (C=O) groups is 1. The Labute approximate surface area is 113 Å². The topological polar surface area (TPSA) is 113 Å². The maximum Gasteiger partial charge on any atom is 0.292 e. The number of nitrogens with zero attached hydrogens (tertiary/aromatic N) is 2. The molecular weight excluding hydrogens is 262 g/mol. The van der Waals surface area contributed by atoms with E-state index in [1.807, 2.05) is 0 Å². The first-order chi connectivity index (χ1) is 9.63. The van der Waals surface area contributed by atoms with Crippen LogP contribution in [0.2, 0.25) is 0 Å². The number of amides is 1. The Kier molecular flexibility index (Phi) is 2.82. The molecule has 8 nitrogen and oxygen atoms in total. The molecule has 1 aliphatic heterocycles. The summed E-state index contributed by atoms with van der Waals surface area (Å²) in [4.78, 5) is 28.7. The number of carbonyl (C=O) groups excluding carboxylic acids is 1. The summed E-state index contributed by atoms with van der Waals surface area (Å²) in [6.07, 6.45) is 3.35. The molecule has 0 saturated heterocycles. The number of benzene rings is 1. The number of fused-ring (bicyclic) bond motifs is 1. The van der Waals surface area contributed by atoms with Crippen molar-refractivity contribution in [1.29, 1.82) is 0 Å². The van der Waals surface area contributed by atoms with E-state index in [1.54, 1.807) is 12.3 Å². The van der Waals surface area contributed by atoms with Gasteiger partial charge in [-0.1, -0.05) is 0 Å². The molecular formula is C12H11N5O3. The van der Waals surface area contributed by atoms with E-state index in [1.165, 1.54) is 12.4 Å². The third-order valence-electron chi connectivity index (χ3n) is 3.07. The average molecular weight is 273 g/mol. The lowest BCUT2D eigenvalue weighted by Crippen LogP contribution is -2.04. The van der Waals surface area contributed by atoms with Gasteiger partial charge in [-0.2, -0.15) is 0 Å². The molecule has 3 N–H and O–H groups in total. The van der Waals surface area contributed by atoms with Crippen molar-refractivity contribution in [3.05, 3.63) is 46.0 Å². The number of H-pyrrole nitrogens is 1. The van der Waals surface area contributed by atoms with Crippen LogP contribution in [0.15, 0.2) is 24.7 Å². The molecule has 0 bridgehead atoms. The number of hydrogen-bond donors (Lipinski definition) is 3. The Balaban J connectivity index is 1.90. The van der Waals surface area contributed by atoms with Gasteiger partial charge in [0.15, 0.2) is 0 Å². The van der Waals surface area contributed by atoms with Crippen LogP contribution < -0.4 is 10.6 Å². The summed E-state index contributed by atoms with van der Waals surface area (Å²) in [6, 6.07) is 3.03. The van der Waals surface area contributed by atoms with E-state index in [9.17, 15) is 14.9 Å². The highest BCUT2D eigenvalue weighted by Crippen LogP contribution is 2.34. The second-order valence-corrected chi connectivity index (χ2v) is 4.44. The monoisotopic (exact) mass is 273 g/mol. The van der Waals surface area contributed by atoms with Gasteiger partial charge in [-0.3, -0.25) is 14.9 Å². The highest BCUT2D eigenvalue weighted by atomic mass is 16.6. The van der Waals surface area contributed by atoms with Crippen LogP contribution in [0.25, 0.3) is 0 Å². The van der Waals surface area contributed by atoms with Crippen molar-refractivity contribution in [2.75, 3.05) is 10.6 Å². The molecule has 0 radical (unpaired) electrons. The van der Waals surface area contributed by atoms with Gasteiger partial charge in [-0.15, -0.1) is 0 Å². The SMILES string of the molecule is O=C1Cc2cc([N+](=O)[O-])c(NCc3cnc[nH]3)cc2N1. The zero-order chi connectivity index (χ0) is 14.1. The van der Waals surface area contributed by atoms with E-state index >= 15 is 0 Å². The Morgan fingerprint density at radius 2 is 2.30 bits per heavy atom. The molecule has 3 rings (SSSR count). The lowest BCUT2D eigenvalue weighted by atomic mass is 10.1. The fourth-order valence-electron chi connectivity index (χ4n) is 2.13. The van der Waals surface area contributed by atoms with Gasteiger partial charge in [-0.25, -0.2) is 4.98 Å². The standard InChI is InChI=1S/C12H11N5O3/c18-12-2-7-1-11(17(19)20)10(3-9(7)16-12)14-5-8-4-13-6-15-8/h1,3-4,6,14H,2,5H2,(H,13,15)(H,16,18). The molecule has 1 aromatic heterocycles. The van der Waals surface area contributed by atoms with Gasteiger partial charge in [0.2, 0.25) is 5.91 Å². The minimum atomic E-state index is -0.460. The zero-order valence-corrected chi connectivity index (χ0v) is 10.3. The van der Waals surface area contributed by atoms with Crippen molar-refractivity contribution in [2.45, 2.75) is 13.0 Å². The first-order valence-electron chi connectivity index (χ1n) is 5.96. The second-order valence-electron chi connectivity index (χ2n) is 4.44. The number of nitrogens with one attached hydrogen (secondary N) is 3. The minimum absolute atomic E-state index is 0.0419. The van der Waals surface area contributed by atoms with Gasteiger partial charge in [-0.05, 0) is 11.6 Å². The fraction of sp³-hybridized carbons (Fsp3) is 0.167. The maximum atomic E-state index is 11.3. The highest BCUT2D eigenvalue weighted by Gasteiger charge is 2.24. The van der Waals surface area contributed by atoms with Crippen LogP contribution >= 0.6 is 0 Å². The number of nitro groups is 1. The van der Waals surface area contributed by atoms with E-state index in [0.717, 1.165) is 5.69 Å². The van der Waals surface area contributed by atoms with Crippen LogP contribution in [0.1, 0.15) is 11.3 Å². The predicted octanol–water partition coefficient (Wildman–Crippen LogP) is 1.42. The third-order valence-corrected chi connectivity index (χ3v) is 3.07. The molecule has 102 valence electrons. The lowest BCUT2D eigenvalue weighted by molar-refractivity contribution is -0.384. The molecule has 8 heteroatoms. The minimum Gasteiger partial charge on any atom is -0.374 e. The quantitative estimate of drug-likeness (QED) is 0.576. The smallest absolute Gasteiger partial charge is 0.292 e. The van der Waals surface area contributed by atoms with Crippen molar-refractivity contribution >= 4 is 23.0 Å². The number of hydrogen-bond acceptors (Lipinski definition) is 5.